The van der Waals surface area contributed by atoms with Crippen molar-refractivity contribution in [2.24, 2.45) is 0 Å². The van der Waals surface area contributed by atoms with E-state index in [-0.39, 0.29) is 4.91 Å². The number of anilines is 1. The first kappa shape index (κ1) is 19.8. The number of hydrogen-bond donors (Lipinski definition) is 2. The molecule has 2 N–H and O–H groups in total. The first-order valence-electron chi connectivity index (χ1n) is 8.30. The standard InChI is InChI=1S/C19H17N3O4S2/c1-11-5-6-13(8-12(11)2)20-18(25)21-16(23)10-22-17(24)15(28-19(22)26)9-14-4-3-7-27-14/h3-9H,10H2,1-2H3,(H2,20,21,23,25)/b15-9-. The van der Waals surface area contributed by atoms with E-state index in [9.17, 15) is 19.2 Å². The van der Waals surface area contributed by atoms with Crippen molar-refractivity contribution in [1.82, 2.24) is 10.2 Å². The lowest BCUT2D eigenvalue weighted by Crippen LogP contribution is -2.43. The number of thiophene rings is 1. The minimum Gasteiger partial charge on any atom is -0.308 e. The number of carbonyl (C=O) groups is 4. The molecule has 1 aromatic carbocycles. The number of benzene rings is 1. The summed E-state index contributed by atoms with van der Waals surface area (Å²) in [4.78, 5) is 50.4. The number of nitrogens with one attached hydrogen (secondary N) is 2. The first-order valence-corrected chi connectivity index (χ1v) is 10.00. The van der Waals surface area contributed by atoms with E-state index in [1.165, 1.54) is 11.3 Å². The van der Waals surface area contributed by atoms with Gasteiger partial charge in [-0.15, -0.1) is 11.3 Å². The van der Waals surface area contributed by atoms with Crippen LogP contribution in [0.1, 0.15) is 16.0 Å². The molecule has 0 radical (unpaired) electrons. The zero-order chi connectivity index (χ0) is 20.3. The van der Waals surface area contributed by atoms with Gasteiger partial charge in [0.2, 0.25) is 5.91 Å². The van der Waals surface area contributed by atoms with E-state index in [1.54, 1.807) is 18.2 Å². The summed E-state index contributed by atoms with van der Waals surface area (Å²) in [6.07, 6.45) is 1.61. The average molecular weight is 415 g/mol. The topological polar surface area (TPSA) is 95.6 Å². The summed E-state index contributed by atoms with van der Waals surface area (Å²) in [6.45, 7) is 3.34. The summed E-state index contributed by atoms with van der Waals surface area (Å²) >= 11 is 2.21. The van der Waals surface area contributed by atoms with Crippen LogP contribution in [0.25, 0.3) is 6.08 Å². The summed E-state index contributed by atoms with van der Waals surface area (Å²) in [5.74, 6) is -1.30. The van der Waals surface area contributed by atoms with Crippen LogP contribution in [0.15, 0.2) is 40.6 Å². The van der Waals surface area contributed by atoms with Gasteiger partial charge in [0, 0.05) is 10.6 Å². The molecular weight excluding hydrogens is 398 g/mol. The van der Waals surface area contributed by atoms with Crippen LogP contribution in [0.4, 0.5) is 15.3 Å². The fraction of sp³-hybridized carbons (Fsp3) is 0.158. The summed E-state index contributed by atoms with van der Waals surface area (Å²) in [5.41, 5.74) is 2.62. The number of carbonyl (C=O) groups excluding carboxylic acids is 4. The molecule has 7 nitrogen and oxygen atoms in total. The second kappa shape index (κ2) is 8.41. The Kier molecular flexibility index (Phi) is 5.96. The van der Waals surface area contributed by atoms with Gasteiger partial charge in [0.1, 0.15) is 6.54 Å². The van der Waals surface area contributed by atoms with Gasteiger partial charge in [-0.2, -0.15) is 0 Å². The molecular formula is C19H17N3O4S2. The minimum absolute atomic E-state index is 0.250. The molecule has 1 aromatic heterocycles. The van der Waals surface area contributed by atoms with Gasteiger partial charge >= 0.3 is 6.03 Å². The van der Waals surface area contributed by atoms with Crippen LogP contribution in [-0.2, 0) is 9.59 Å². The third kappa shape index (κ3) is 4.68. The van der Waals surface area contributed by atoms with E-state index >= 15 is 0 Å². The third-order valence-electron chi connectivity index (χ3n) is 4.01. The van der Waals surface area contributed by atoms with Crippen LogP contribution < -0.4 is 10.6 Å². The van der Waals surface area contributed by atoms with E-state index in [1.807, 2.05) is 37.4 Å². The molecule has 1 saturated heterocycles. The monoisotopic (exact) mass is 415 g/mol. The SMILES string of the molecule is Cc1ccc(NC(=O)NC(=O)CN2C(=O)S/C(=C\c3cccs3)C2=O)cc1C. The molecule has 0 aliphatic carbocycles. The number of amides is 5. The van der Waals surface area contributed by atoms with E-state index in [0.29, 0.717) is 5.69 Å². The molecule has 0 unspecified atom stereocenters. The molecule has 9 heteroatoms. The molecule has 0 spiro atoms. The zero-order valence-electron chi connectivity index (χ0n) is 15.1. The van der Waals surface area contributed by atoms with Crippen LogP contribution >= 0.6 is 23.1 Å². The number of imide groups is 2. The lowest BCUT2D eigenvalue weighted by Gasteiger charge is -2.12. The molecule has 1 aliphatic rings. The van der Waals surface area contributed by atoms with Crippen LogP contribution in [0.2, 0.25) is 0 Å². The second-order valence-electron chi connectivity index (χ2n) is 6.08. The molecule has 3 rings (SSSR count). The maximum Gasteiger partial charge on any atom is 0.325 e. The van der Waals surface area contributed by atoms with Crippen molar-refractivity contribution in [3.05, 3.63) is 56.6 Å². The molecule has 2 aromatic rings. The first-order chi connectivity index (χ1) is 13.3. The van der Waals surface area contributed by atoms with Crippen LogP contribution in [0, 0.1) is 13.8 Å². The van der Waals surface area contributed by atoms with Crippen molar-refractivity contribution in [1.29, 1.82) is 0 Å². The summed E-state index contributed by atoms with van der Waals surface area (Å²) < 4.78 is 0. The molecule has 0 saturated carbocycles. The van der Waals surface area contributed by atoms with Crippen LogP contribution in [-0.4, -0.2) is 34.5 Å². The highest BCUT2D eigenvalue weighted by Crippen LogP contribution is 2.32. The molecule has 0 bridgehead atoms. The second-order valence-corrected chi connectivity index (χ2v) is 8.06. The van der Waals surface area contributed by atoms with Gasteiger partial charge < -0.3 is 5.32 Å². The van der Waals surface area contributed by atoms with Crippen molar-refractivity contribution in [3.63, 3.8) is 0 Å². The zero-order valence-corrected chi connectivity index (χ0v) is 16.8. The Balaban J connectivity index is 1.58. The molecule has 0 atom stereocenters. The Morgan fingerprint density at radius 3 is 2.61 bits per heavy atom. The number of rotatable bonds is 4. The highest BCUT2D eigenvalue weighted by Gasteiger charge is 2.36. The molecule has 1 fully saturated rings. The predicted molar refractivity (Wildman–Crippen MR) is 110 cm³/mol. The fourth-order valence-electron chi connectivity index (χ4n) is 2.43. The van der Waals surface area contributed by atoms with Crippen molar-refractivity contribution in [2.75, 3.05) is 11.9 Å². The van der Waals surface area contributed by atoms with Crippen LogP contribution in [0.5, 0.6) is 0 Å². The number of aryl methyl sites for hydroxylation is 2. The van der Waals surface area contributed by atoms with Gasteiger partial charge in [-0.25, -0.2) is 4.79 Å². The Morgan fingerprint density at radius 1 is 1.14 bits per heavy atom. The van der Waals surface area contributed by atoms with Gasteiger partial charge in [0.15, 0.2) is 0 Å². The van der Waals surface area contributed by atoms with E-state index in [0.717, 1.165) is 32.7 Å². The molecule has 144 valence electrons. The van der Waals surface area contributed by atoms with Crippen molar-refractivity contribution >= 4 is 57.9 Å². The Labute approximate surface area is 169 Å². The highest BCUT2D eigenvalue weighted by atomic mass is 32.2. The van der Waals surface area contributed by atoms with E-state index in [2.05, 4.69) is 10.6 Å². The molecule has 28 heavy (non-hydrogen) atoms. The summed E-state index contributed by atoms with van der Waals surface area (Å²) in [6, 6.07) is 8.29. The highest BCUT2D eigenvalue weighted by molar-refractivity contribution is 8.18. The van der Waals surface area contributed by atoms with Gasteiger partial charge in [-0.05, 0) is 66.4 Å². The maximum absolute atomic E-state index is 12.4. The number of nitrogens with zero attached hydrogens (tertiary/aromatic N) is 1. The largest absolute Gasteiger partial charge is 0.325 e. The van der Waals surface area contributed by atoms with E-state index < -0.39 is 29.6 Å². The van der Waals surface area contributed by atoms with Gasteiger partial charge in [0.25, 0.3) is 11.1 Å². The maximum atomic E-state index is 12.4. The molecule has 1 aliphatic heterocycles. The number of urea groups is 1. The van der Waals surface area contributed by atoms with Crippen molar-refractivity contribution in [2.45, 2.75) is 13.8 Å². The van der Waals surface area contributed by atoms with E-state index in [4.69, 9.17) is 0 Å². The third-order valence-corrected chi connectivity index (χ3v) is 5.74. The normalized spacial score (nSPS) is 15.2. The van der Waals surface area contributed by atoms with Crippen molar-refractivity contribution in [3.8, 4) is 0 Å². The number of thioether (sulfide) groups is 1. The average Bonchev–Trinajstić information content (AvgIpc) is 3.22. The smallest absolute Gasteiger partial charge is 0.308 e. The summed E-state index contributed by atoms with van der Waals surface area (Å²) in [5, 5.41) is 6.00. The fourth-order valence-corrected chi connectivity index (χ4v) is 3.99. The van der Waals surface area contributed by atoms with Crippen LogP contribution in [0.3, 0.4) is 0 Å². The minimum atomic E-state index is -0.749. The van der Waals surface area contributed by atoms with Crippen molar-refractivity contribution < 1.29 is 19.2 Å². The lowest BCUT2D eigenvalue weighted by atomic mass is 10.1. The van der Waals surface area contributed by atoms with Gasteiger partial charge in [-0.3, -0.25) is 24.6 Å². The Bertz CT molecular complexity index is 983. The predicted octanol–water partition coefficient (Wildman–Crippen LogP) is 3.75. The lowest BCUT2D eigenvalue weighted by molar-refractivity contribution is -0.128. The molecule has 5 amide bonds. The Morgan fingerprint density at radius 2 is 1.93 bits per heavy atom. The quantitative estimate of drug-likeness (QED) is 0.742. The molecule has 2 heterocycles. The van der Waals surface area contributed by atoms with Gasteiger partial charge in [0.05, 0.1) is 4.91 Å². The Hall–Kier alpha value is -2.91. The summed E-state index contributed by atoms with van der Waals surface area (Å²) in [7, 11) is 0. The van der Waals surface area contributed by atoms with Gasteiger partial charge in [-0.1, -0.05) is 12.1 Å². The number of hydrogen-bond acceptors (Lipinski definition) is 6.